The molecule has 0 heterocycles. The Bertz CT molecular complexity index is 2510. The van der Waals surface area contributed by atoms with Crippen LogP contribution in [-0.2, 0) is 23.2 Å². The monoisotopic (exact) mass is 864 g/mol. The van der Waals surface area contributed by atoms with Gasteiger partial charge in [0.15, 0.2) is 0 Å². The molecule has 326 valence electrons. The summed E-state index contributed by atoms with van der Waals surface area (Å²) in [6, 6.07) is 51.4. The molecule has 0 aliphatic heterocycles. The first-order chi connectivity index (χ1) is 30.3. The standard InChI is InChI=1S/C56H50F6N2/c1-53(2,3)43-25-33-49(34-26-43)63(45-13-9-7-10-14-45)47-29-19-39(20-30-47)17-23-41-37-52(56(60,61)62)42(38-51(41)55(57,58)59)24-18-40-21-31-48(32-22-40)64(46-15-11-8-12-16-46)50-35-27-44(28-36-50)54(4,5)6/h7-38H,1-6H3. The van der Waals surface area contributed by atoms with Crippen molar-refractivity contribution in [2.45, 2.75) is 64.7 Å². The summed E-state index contributed by atoms with van der Waals surface area (Å²) in [6.45, 7) is 12.9. The van der Waals surface area contributed by atoms with Crippen molar-refractivity contribution in [3.05, 3.63) is 214 Å². The number of halogens is 6. The van der Waals surface area contributed by atoms with Crippen molar-refractivity contribution in [1.29, 1.82) is 0 Å². The molecule has 0 aliphatic carbocycles. The minimum Gasteiger partial charge on any atom is -0.311 e. The maximum Gasteiger partial charge on any atom is 0.417 e. The van der Waals surface area contributed by atoms with Crippen LogP contribution in [0.3, 0.4) is 0 Å². The van der Waals surface area contributed by atoms with Gasteiger partial charge in [-0.3, -0.25) is 0 Å². The molecule has 7 rings (SSSR count). The molecule has 0 aliphatic rings. The fraction of sp³-hybridized carbons (Fsp3) is 0.179. The van der Waals surface area contributed by atoms with E-state index in [9.17, 15) is 26.3 Å². The van der Waals surface area contributed by atoms with Gasteiger partial charge in [0.25, 0.3) is 0 Å². The zero-order chi connectivity index (χ0) is 45.9. The highest BCUT2D eigenvalue weighted by Crippen LogP contribution is 2.42. The van der Waals surface area contributed by atoms with Gasteiger partial charge in [0.2, 0.25) is 0 Å². The Labute approximate surface area is 372 Å². The van der Waals surface area contributed by atoms with E-state index in [4.69, 9.17) is 0 Å². The highest BCUT2D eigenvalue weighted by Gasteiger charge is 2.38. The Hall–Kier alpha value is -6.80. The third-order valence-electron chi connectivity index (χ3n) is 11.1. The average molecular weight is 865 g/mol. The van der Waals surface area contributed by atoms with Crippen LogP contribution < -0.4 is 9.80 Å². The van der Waals surface area contributed by atoms with Crippen LogP contribution in [-0.4, -0.2) is 0 Å². The van der Waals surface area contributed by atoms with Gasteiger partial charge < -0.3 is 9.80 Å². The first kappa shape index (κ1) is 45.2. The lowest BCUT2D eigenvalue weighted by Crippen LogP contribution is -2.13. The quantitative estimate of drug-likeness (QED) is 0.0998. The summed E-state index contributed by atoms with van der Waals surface area (Å²) >= 11 is 0. The van der Waals surface area contributed by atoms with Crippen LogP contribution in [0.2, 0.25) is 0 Å². The lowest BCUT2D eigenvalue weighted by Gasteiger charge is -2.27. The van der Waals surface area contributed by atoms with Crippen molar-refractivity contribution in [3.8, 4) is 0 Å². The highest BCUT2D eigenvalue weighted by atomic mass is 19.4. The molecule has 0 saturated carbocycles. The number of alkyl halides is 6. The second-order valence-corrected chi connectivity index (χ2v) is 17.8. The van der Waals surface area contributed by atoms with Crippen LogP contribution in [0.25, 0.3) is 24.3 Å². The van der Waals surface area contributed by atoms with Gasteiger partial charge in [0, 0.05) is 34.1 Å². The second kappa shape index (κ2) is 18.1. The van der Waals surface area contributed by atoms with Crippen molar-refractivity contribution in [2.75, 3.05) is 9.80 Å². The zero-order valence-electron chi connectivity index (χ0n) is 36.6. The summed E-state index contributed by atoms with van der Waals surface area (Å²) in [5.74, 6) is 0. The lowest BCUT2D eigenvalue weighted by molar-refractivity contribution is -0.141. The summed E-state index contributed by atoms with van der Waals surface area (Å²) in [5.41, 5.74) is 5.02. The van der Waals surface area contributed by atoms with Crippen molar-refractivity contribution < 1.29 is 26.3 Å². The van der Waals surface area contributed by atoms with Crippen molar-refractivity contribution >= 4 is 58.4 Å². The van der Waals surface area contributed by atoms with Crippen LogP contribution in [0.15, 0.2) is 170 Å². The molecule has 7 aromatic carbocycles. The molecule has 0 fully saturated rings. The molecule has 0 atom stereocenters. The predicted octanol–water partition coefficient (Wildman–Crippen LogP) is 17.6. The summed E-state index contributed by atoms with van der Waals surface area (Å²) in [5, 5.41) is 0. The maximum atomic E-state index is 14.6. The van der Waals surface area contributed by atoms with Crippen molar-refractivity contribution in [2.24, 2.45) is 0 Å². The Balaban J connectivity index is 1.17. The van der Waals surface area contributed by atoms with E-state index in [2.05, 4.69) is 75.6 Å². The van der Waals surface area contributed by atoms with Crippen LogP contribution in [0, 0.1) is 0 Å². The van der Waals surface area contributed by atoms with Gasteiger partial charge in [0.1, 0.15) is 0 Å². The van der Waals surface area contributed by atoms with E-state index in [1.165, 1.54) is 23.3 Å². The molecule has 0 N–H and O–H groups in total. The molecule has 0 amide bonds. The normalized spacial score (nSPS) is 12.6. The van der Waals surface area contributed by atoms with Gasteiger partial charge in [-0.1, -0.05) is 151 Å². The topological polar surface area (TPSA) is 6.48 Å². The molecule has 7 aromatic rings. The van der Waals surface area contributed by atoms with E-state index < -0.39 is 34.6 Å². The summed E-state index contributed by atoms with van der Waals surface area (Å²) in [7, 11) is 0. The summed E-state index contributed by atoms with van der Waals surface area (Å²) in [6.07, 6.45) is -4.88. The van der Waals surface area contributed by atoms with Crippen LogP contribution in [0.4, 0.5) is 60.5 Å². The minimum atomic E-state index is -4.93. The highest BCUT2D eigenvalue weighted by molar-refractivity contribution is 5.81. The number of anilines is 6. The van der Waals surface area contributed by atoms with E-state index in [-0.39, 0.29) is 10.8 Å². The number of para-hydroxylation sites is 2. The van der Waals surface area contributed by atoms with E-state index in [0.29, 0.717) is 23.3 Å². The first-order valence-electron chi connectivity index (χ1n) is 21.1. The van der Waals surface area contributed by atoms with Crippen LogP contribution in [0.1, 0.15) is 86.1 Å². The largest absolute Gasteiger partial charge is 0.417 e. The predicted molar refractivity (Wildman–Crippen MR) is 254 cm³/mol. The Kier molecular flexibility index (Phi) is 12.8. The lowest BCUT2D eigenvalue weighted by atomic mass is 9.87. The van der Waals surface area contributed by atoms with E-state index >= 15 is 0 Å². The number of hydrogen-bond donors (Lipinski definition) is 0. The Morgan fingerprint density at radius 1 is 0.328 bits per heavy atom. The average Bonchev–Trinajstić information content (AvgIpc) is 3.26. The molecular weight excluding hydrogens is 815 g/mol. The fourth-order valence-corrected chi connectivity index (χ4v) is 7.51. The van der Waals surface area contributed by atoms with Gasteiger partial charge in [-0.2, -0.15) is 26.3 Å². The van der Waals surface area contributed by atoms with Crippen LogP contribution in [0.5, 0.6) is 0 Å². The Morgan fingerprint density at radius 2 is 0.594 bits per heavy atom. The molecule has 0 radical (unpaired) electrons. The van der Waals surface area contributed by atoms with Crippen molar-refractivity contribution in [1.82, 2.24) is 0 Å². The minimum absolute atomic E-state index is 0.0334. The van der Waals surface area contributed by atoms with E-state index in [1.807, 2.05) is 109 Å². The molecule has 2 nitrogen and oxygen atoms in total. The molecule has 0 unspecified atom stereocenters. The van der Waals surface area contributed by atoms with Gasteiger partial charge in [-0.15, -0.1) is 0 Å². The molecule has 8 heteroatoms. The third-order valence-corrected chi connectivity index (χ3v) is 11.1. The zero-order valence-corrected chi connectivity index (χ0v) is 36.6. The third kappa shape index (κ3) is 10.7. The number of nitrogens with zero attached hydrogens (tertiary/aromatic N) is 2. The second-order valence-electron chi connectivity index (χ2n) is 17.8. The smallest absolute Gasteiger partial charge is 0.311 e. The molecule has 0 bridgehead atoms. The number of rotatable bonds is 10. The number of benzene rings is 7. The first-order valence-corrected chi connectivity index (χ1v) is 21.1. The van der Waals surface area contributed by atoms with Crippen molar-refractivity contribution in [3.63, 3.8) is 0 Å². The summed E-state index contributed by atoms with van der Waals surface area (Å²) in [4.78, 5) is 4.12. The number of hydrogen-bond acceptors (Lipinski definition) is 2. The molecular formula is C56H50F6N2. The maximum absolute atomic E-state index is 14.6. The summed E-state index contributed by atoms with van der Waals surface area (Å²) < 4.78 is 87.8. The fourth-order valence-electron chi connectivity index (χ4n) is 7.51. The van der Waals surface area contributed by atoms with Gasteiger partial charge >= 0.3 is 12.4 Å². The van der Waals surface area contributed by atoms with Gasteiger partial charge in [-0.25, -0.2) is 0 Å². The molecule has 0 aromatic heterocycles. The van der Waals surface area contributed by atoms with E-state index in [0.717, 1.165) is 46.3 Å². The van der Waals surface area contributed by atoms with Crippen LogP contribution >= 0.6 is 0 Å². The SMILES string of the molecule is CC(C)(C)c1ccc(N(c2ccccc2)c2ccc(C=Cc3cc(C(F)(F)F)c(C=Cc4ccc(N(c5ccccc5)c5ccc(C(C)(C)C)cc5)cc4)cc3C(F)(F)F)cc2)cc1. The van der Waals surface area contributed by atoms with E-state index in [1.54, 1.807) is 24.3 Å². The molecule has 0 saturated heterocycles. The Morgan fingerprint density at radius 3 is 0.859 bits per heavy atom. The van der Waals surface area contributed by atoms with Gasteiger partial charge in [-0.05, 0) is 129 Å². The molecule has 0 spiro atoms. The molecule has 64 heavy (non-hydrogen) atoms. The van der Waals surface area contributed by atoms with Gasteiger partial charge in [0.05, 0.1) is 11.1 Å².